The minimum absolute atomic E-state index is 1.00. The summed E-state index contributed by atoms with van der Waals surface area (Å²) in [6.45, 7) is 15.2. The van der Waals surface area contributed by atoms with E-state index >= 15 is 0 Å². The van der Waals surface area contributed by atoms with Crippen molar-refractivity contribution in [3.05, 3.63) is 0 Å². The van der Waals surface area contributed by atoms with Gasteiger partial charge in [0.25, 0.3) is 0 Å². The zero-order valence-corrected chi connectivity index (χ0v) is 14.8. The van der Waals surface area contributed by atoms with E-state index in [1.165, 1.54) is 0 Å². The first kappa shape index (κ1) is 13.9. The third kappa shape index (κ3) is 4.27. The minimum atomic E-state index is -1.36. The summed E-state index contributed by atoms with van der Waals surface area (Å²) in [5, 5.41) is 0. The molecule has 80 valence electrons. The van der Waals surface area contributed by atoms with Crippen LogP contribution in [0.1, 0.15) is 0 Å². The molecule has 0 fully saturated rings. The van der Waals surface area contributed by atoms with Crippen LogP contribution in [-0.4, -0.2) is 32.8 Å². The second-order valence-electron chi connectivity index (χ2n) is 6.86. The van der Waals surface area contributed by atoms with Crippen molar-refractivity contribution in [1.29, 1.82) is 0 Å². The normalized spacial score (nSPS) is 14.5. The fraction of sp³-hybridized carbons (Fsp3) is 0.900. The zero-order chi connectivity index (χ0) is 11.1. The standard InChI is InChI=1S/C10H27AsSi2/c1-11(2,3)10(12(4,5)6)13(7,8)9/h1-9H3. The Labute approximate surface area is 89.1 Å². The molecule has 0 spiro atoms. The van der Waals surface area contributed by atoms with E-state index in [-0.39, 0.29) is 0 Å². The topological polar surface area (TPSA) is 0 Å². The predicted molar refractivity (Wildman–Crippen MR) is 75.0 cm³/mol. The van der Waals surface area contributed by atoms with Crippen LogP contribution < -0.4 is 0 Å². The average molecular weight is 278 g/mol. The van der Waals surface area contributed by atoms with Crippen LogP contribution in [-0.2, 0) is 0 Å². The van der Waals surface area contributed by atoms with E-state index in [2.05, 4.69) is 60.0 Å². The van der Waals surface area contributed by atoms with Gasteiger partial charge in [-0.1, -0.05) is 0 Å². The summed E-state index contributed by atoms with van der Waals surface area (Å²) in [5.74, 6) is 0. The van der Waals surface area contributed by atoms with Gasteiger partial charge in [-0.2, -0.15) is 0 Å². The molecule has 0 saturated carbocycles. The molecule has 0 N–H and O–H groups in total. The van der Waals surface area contributed by atoms with Gasteiger partial charge < -0.3 is 0 Å². The first-order valence-corrected chi connectivity index (χ1v) is 18.6. The molecule has 0 nitrogen and oxygen atoms in total. The molecular weight excluding hydrogens is 251 g/mol. The Bertz CT molecular complexity index is 210. The Balaban J connectivity index is 5.56. The Morgan fingerprint density at radius 3 is 0.923 bits per heavy atom. The van der Waals surface area contributed by atoms with Gasteiger partial charge in [0.1, 0.15) is 0 Å². The van der Waals surface area contributed by atoms with E-state index < -0.39 is 29.3 Å². The summed E-state index contributed by atoms with van der Waals surface area (Å²) in [6.07, 6.45) is 0. The summed E-state index contributed by atoms with van der Waals surface area (Å²) in [6, 6.07) is 0. The molecule has 0 atom stereocenters. The maximum atomic E-state index is 2.56. The van der Waals surface area contributed by atoms with Gasteiger partial charge in [-0.3, -0.25) is 0 Å². The van der Waals surface area contributed by atoms with Crippen molar-refractivity contribution in [3.63, 3.8) is 0 Å². The van der Waals surface area contributed by atoms with Gasteiger partial charge >= 0.3 is 89.2 Å². The molecule has 0 aliphatic carbocycles. The first-order chi connectivity index (χ1) is 5.37. The van der Waals surface area contributed by atoms with E-state index in [9.17, 15) is 0 Å². The molecule has 0 heterocycles. The van der Waals surface area contributed by atoms with E-state index in [0.717, 1.165) is 0 Å². The molecule has 0 aromatic heterocycles. The van der Waals surface area contributed by atoms with Crippen molar-refractivity contribution in [3.8, 4) is 0 Å². The van der Waals surface area contributed by atoms with Crippen molar-refractivity contribution in [2.45, 2.75) is 56.4 Å². The van der Waals surface area contributed by atoms with Crippen LogP contribution in [0.4, 0.5) is 0 Å². The first-order valence-electron chi connectivity index (χ1n) is 5.07. The third-order valence-electron chi connectivity index (χ3n) is 2.09. The molecule has 3 heteroatoms. The predicted octanol–water partition coefficient (Wildman–Crippen LogP) is 3.83. The fourth-order valence-corrected chi connectivity index (χ4v) is 41.5. The van der Waals surface area contributed by atoms with Gasteiger partial charge in [-0.25, -0.2) is 0 Å². The molecule has 0 bridgehead atoms. The van der Waals surface area contributed by atoms with E-state index in [0.29, 0.717) is 0 Å². The van der Waals surface area contributed by atoms with Crippen molar-refractivity contribution in [1.82, 2.24) is 0 Å². The van der Waals surface area contributed by atoms with Crippen LogP contribution >= 0.6 is 0 Å². The van der Waals surface area contributed by atoms with Gasteiger partial charge in [0.05, 0.1) is 0 Å². The molecule has 0 unspecified atom stereocenters. The Morgan fingerprint density at radius 1 is 0.692 bits per heavy atom. The molecule has 0 saturated heterocycles. The zero-order valence-electron chi connectivity index (χ0n) is 10.9. The molecular formula is C10H27AsSi2. The second kappa shape index (κ2) is 3.79. The average Bonchev–Trinajstić information content (AvgIpc) is 1.44. The van der Waals surface area contributed by atoms with Gasteiger partial charge in [-0.05, 0) is 0 Å². The molecule has 13 heavy (non-hydrogen) atoms. The second-order valence-corrected chi connectivity index (χ2v) is 28.6. The van der Waals surface area contributed by atoms with Crippen LogP contribution in [0.5, 0.6) is 0 Å². The van der Waals surface area contributed by atoms with E-state index in [1.807, 2.05) is 0 Å². The van der Waals surface area contributed by atoms with Gasteiger partial charge in [-0.15, -0.1) is 0 Å². The maximum absolute atomic E-state index is 2.56. The Morgan fingerprint density at radius 2 is 0.923 bits per heavy atom. The SMILES string of the molecule is C[Si](C)(C)C([Si](C)(C)C)=[As](C)(C)C. The Hall–Kier alpha value is 0.862. The summed E-state index contributed by atoms with van der Waals surface area (Å²) in [7, 11) is -2.01. The van der Waals surface area contributed by atoms with E-state index in [1.54, 1.807) is 0 Å². The van der Waals surface area contributed by atoms with Crippen LogP contribution in [0.15, 0.2) is 0 Å². The van der Waals surface area contributed by atoms with Crippen LogP contribution in [0, 0.1) is 0 Å². The number of hydrogen-bond donors (Lipinski definition) is 0. The van der Waals surface area contributed by atoms with E-state index in [4.69, 9.17) is 0 Å². The fourth-order valence-electron chi connectivity index (χ4n) is 3.14. The Kier molecular flexibility index (Phi) is 4.04. The molecule has 0 aliphatic rings. The summed E-state index contributed by atoms with van der Waals surface area (Å²) < 4.78 is 2.10. The molecule has 0 aliphatic heterocycles. The quantitative estimate of drug-likeness (QED) is 0.673. The van der Waals surface area contributed by atoms with Crippen LogP contribution in [0.3, 0.4) is 0 Å². The van der Waals surface area contributed by atoms with Crippen molar-refractivity contribution >= 4 is 32.8 Å². The van der Waals surface area contributed by atoms with Gasteiger partial charge in [0.15, 0.2) is 0 Å². The molecule has 0 radical (unpaired) electrons. The molecule has 0 rings (SSSR count). The van der Waals surface area contributed by atoms with Crippen LogP contribution in [0.2, 0.25) is 56.4 Å². The van der Waals surface area contributed by atoms with Crippen molar-refractivity contribution < 1.29 is 0 Å². The van der Waals surface area contributed by atoms with Crippen LogP contribution in [0.25, 0.3) is 0 Å². The molecule has 0 aromatic carbocycles. The number of hydrogen-bond acceptors (Lipinski definition) is 0. The molecule has 0 aromatic rings. The summed E-state index contributed by atoms with van der Waals surface area (Å²) in [5.41, 5.74) is 7.68. The van der Waals surface area contributed by atoms with Crippen molar-refractivity contribution in [2.75, 3.05) is 0 Å². The third-order valence-corrected chi connectivity index (χ3v) is 27.7. The molecule has 0 amide bonds. The van der Waals surface area contributed by atoms with Crippen molar-refractivity contribution in [2.24, 2.45) is 0 Å². The number of rotatable bonds is 2. The van der Waals surface area contributed by atoms with Gasteiger partial charge in [0, 0.05) is 0 Å². The summed E-state index contributed by atoms with van der Waals surface area (Å²) in [4.78, 5) is 0. The monoisotopic (exact) mass is 278 g/mol. The van der Waals surface area contributed by atoms with Gasteiger partial charge in [0.2, 0.25) is 0 Å². The summed E-state index contributed by atoms with van der Waals surface area (Å²) >= 11 is -1.36.